The van der Waals surface area contributed by atoms with E-state index in [4.69, 9.17) is 4.74 Å². The van der Waals surface area contributed by atoms with Crippen LogP contribution < -0.4 is 5.43 Å². The first-order chi connectivity index (χ1) is 13.2. The molecule has 0 atom stereocenters. The first-order valence-corrected chi connectivity index (χ1v) is 9.57. The number of ether oxygens (including phenoxy) is 1. The van der Waals surface area contributed by atoms with Crippen molar-refractivity contribution in [1.29, 1.82) is 0 Å². The Morgan fingerprint density at radius 3 is 2.64 bits per heavy atom. The van der Waals surface area contributed by atoms with E-state index in [2.05, 4.69) is 15.5 Å². The van der Waals surface area contributed by atoms with Crippen molar-refractivity contribution < 1.29 is 28.2 Å². The summed E-state index contributed by atoms with van der Waals surface area (Å²) in [5, 5.41) is 22.6. The molecule has 0 aliphatic heterocycles. The zero-order chi connectivity index (χ0) is 20.7. The van der Waals surface area contributed by atoms with E-state index >= 15 is 0 Å². The molecule has 0 amide bonds. The van der Waals surface area contributed by atoms with E-state index < -0.39 is 22.5 Å². The minimum atomic E-state index is -3.89. The number of hydrogen-bond acceptors (Lipinski definition) is 9. The SMILES string of the molecule is CCOC(=O)CN(C)S(=O)(=O)c1ccc(N/N=C/c2ccc(O)c(O)c2)nc1. The highest BCUT2D eigenvalue weighted by atomic mass is 32.2. The summed E-state index contributed by atoms with van der Waals surface area (Å²) in [6.45, 7) is 1.40. The van der Waals surface area contributed by atoms with Gasteiger partial charge in [-0.2, -0.15) is 9.41 Å². The number of nitrogens with one attached hydrogen (secondary N) is 1. The van der Waals surface area contributed by atoms with Gasteiger partial charge in [-0.3, -0.25) is 10.2 Å². The average Bonchev–Trinajstić information content (AvgIpc) is 2.65. The summed E-state index contributed by atoms with van der Waals surface area (Å²) in [5.41, 5.74) is 3.15. The lowest BCUT2D eigenvalue weighted by molar-refractivity contribution is -0.143. The van der Waals surface area contributed by atoms with E-state index in [0.29, 0.717) is 5.56 Å². The summed E-state index contributed by atoms with van der Waals surface area (Å²) in [7, 11) is -2.62. The van der Waals surface area contributed by atoms with Crippen molar-refractivity contribution in [1.82, 2.24) is 9.29 Å². The Morgan fingerprint density at radius 2 is 2.04 bits per heavy atom. The maximum Gasteiger partial charge on any atom is 0.321 e. The van der Waals surface area contributed by atoms with Crippen molar-refractivity contribution in [3.05, 3.63) is 42.1 Å². The molecule has 2 aromatic rings. The van der Waals surface area contributed by atoms with E-state index in [1.165, 1.54) is 37.5 Å². The number of anilines is 1. The quantitative estimate of drug-likeness (QED) is 0.255. The second kappa shape index (κ2) is 9.15. The molecule has 0 bridgehead atoms. The summed E-state index contributed by atoms with van der Waals surface area (Å²) in [4.78, 5) is 15.3. The number of aromatic nitrogens is 1. The summed E-state index contributed by atoms with van der Waals surface area (Å²) in [5.74, 6) is -0.874. The van der Waals surface area contributed by atoms with Crippen LogP contribution in [0.1, 0.15) is 12.5 Å². The smallest absolute Gasteiger partial charge is 0.321 e. The van der Waals surface area contributed by atoms with Gasteiger partial charge in [0.2, 0.25) is 10.0 Å². The number of hydrogen-bond donors (Lipinski definition) is 3. The molecule has 0 saturated heterocycles. The number of phenolic OH excluding ortho intramolecular Hbond substituents is 2. The van der Waals surface area contributed by atoms with Gasteiger partial charge in [-0.15, -0.1) is 0 Å². The summed E-state index contributed by atoms with van der Waals surface area (Å²) in [6, 6.07) is 6.93. The fourth-order valence-corrected chi connectivity index (χ4v) is 3.11. The predicted molar refractivity (Wildman–Crippen MR) is 102 cm³/mol. The lowest BCUT2D eigenvalue weighted by Crippen LogP contribution is -2.33. The topological polar surface area (TPSA) is 141 Å². The van der Waals surface area contributed by atoms with Gasteiger partial charge in [0.1, 0.15) is 17.3 Å². The number of likely N-dealkylation sites (N-methyl/N-ethyl adjacent to an activating group) is 1. The van der Waals surface area contributed by atoms with Crippen LogP contribution in [0.15, 0.2) is 46.5 Å². The van der Waals surface area contributed by atoms with Crippen molar-refractivity contribution in [2.45, 2.75) is 11.8 Å². The third kappa shape index (κ3) is 5.41. The molecule has 150 valence electrons. The molecule has 0 aliphatic carbocycles. The van der Waals surface area contributed by atoms with Crippen molar-refractivity contribution in [2.24, 2.45) is 5.10 Å². The predicted octanol–water partition coefficient (Wildman–Crippen LogP) is 1.12. The van der Waals surface area contributed by atoms with E-state index in [0.717, 1.165) is 10.5 Å². The summed E-state index contributed by atoms with van der Waals surface area (Å²) >= 11 is 0. The Kier molecular flexibility index (Phi) is 6.90. The van der Waals surface area contributed by atoms with Crippen LogP contribution in [0, 0.1) is 0 Å². The fraction of sp³-hybridized carbons (Fsp3) is 0.235. The Morgan fingerprint density at radius 1 is 1.29 bits per heavy atom. The van der Waals surface area contributed by atoms with Crippen LogP contribution in [0.3, 0.4) is 0 Å². The molecule has 0 saturated carbocycles. The number of pyridine rings is 1. The van der Waals surface area contributed by atoms with Gasteiger partial charge in [0.05, 0.1) is 12.8 Å². The van der Waals surface area contributed by atoms with Crippen molar-refractivity contribution in [3.8, 4) is 11.5 Å². The van der Waals surface area contributed by atoms with Gasteiger partial charge < -0.3 is 14.9 Å². The first-order valence-electron chi connectivity index (χ1n) is 8.13. The second-order valence-corrected chi connectivity index (χ2v) is 7.61. The standard InChI is InChI=1S/C17H20N4O6S/c1-3-27-17(24)11-21(2)28(25,26)13-5-7-16(18-10-13)20-19-9-12-4-6-14(22)15(23)8-12/h4-10,22-23H,3,11H2,1-2H3,(H,18,20)/b19-9+. The first kappa shape index (κ1) is 21.1. The van der Waals surface area contributed by atoms with Gasteiger partial charge in [0.25, 0.3) is 0 Å². The molecule has 0 radical (unpaired) electrons. The molecule has 3 N–H and O–H groups in total. The van der Waals surface area contributed by atoms with Crippen molar-refractivity contribution in [3.63, 3.8) is 0 Å². The zero-order valence-electron chi connectivity index (χ0n) is 15.2. The van der Waals surface area contributed by atoms with Gasteiger partial charge in [0.15, 0.2) is 11.5 Å². The average molecular weight is 408 g/mol. The number of carbonyl (C=O) groups is 1. The minimum Gasteiger partial charge on any atom is -0.504 e. The van der Waals surface area contributed by atoms with Gasteiger partial charge in [-0.1, -0.05) is 0 Å². The third-order valence-electron chi connectivity index (χ3n) is 3.49. The van der Waals surface area contributed by atoms with Crippen LogP contribution in [-0.4, -0.2) is 60.3 Å². The number of phenols is 2. The number of aromatic hydroxyl groups is 2. The van der Waals surface area contributed by atoms with Crippen molar-refractivity contribution >= 4 is 28.0 Å². The maximum atomic E-state index is 12.4. The van der Waals surface area contributed by atoms with Crippen molar-refractivity contribution in [2.75, 3.05) is 25.6 Å². The van der Waals surface area contributed by atoms with Crippen LogP contribution in [0.5, 0.6) is 11.5 Å². The number of esters is 1. The van der Waals surface area contributed by atoms with Crippen LogP contribution >= 0.6 is 0 Å². The molecular formula is C17H20N4O6S. The van der Waals surface area contributed by atoms with Crippen LogP contribution in [-0.2, 0) is 19.6 Å². The number of sulfonamides is 1. The molecule has 28 heavy (non-hydrogen) atoms. The Hall–Kier alpha value is -3.18. The summed E-state index contributed by atoms with van der Waals surface area (Å²) in [6.07, 6.45) is 2.53. The number of carbonyl (C=O) groups excluding carboxylic acids is 1. The van der Waals surface area contributed by atoms with E-state index in [-0.39, 0.29) is 28.8 Å². The molecule has 0 unspecified atom stereocenters. The van der Waals surface area contributed by atoms with Crippen LogP contribution in [0.25, 0.3) is 0 Å². The monoisotopic (exact) mass is 408 g/mol. The normalized spacial score (nSPS) is 11.7. The molecule has 1 heterocycles. The molecule has 10 nitrogen and oxygen atoms in total. The van der Waals surface area contributed by atoms with Gasteiger partial charge in [0, 0.05) is 13.2 Å². The fourth-order valence-electron chi connectivity index (χ4n) is 2.05. The molecule has 1 aromatic carbocycles. The molecule has 2 rings (SSSR count). The zero-order valence-corrected chi connectivity index (χ0v) is 16.0. The highest BCUT2D eigenvalue weighted by Gasteiger charge is 2.23. The number of rotatable bonds is 8. The highest BCUT2D eigenvalue weighted by molar-refractivity contribution is 7.89. The minimum absolute atomic E-state index is 0.0858. The summed E-state index contributed by atoms with van der Waals surface area (Å²) < 4.78 is 30.5. The second-order valence-electron chi connectivity index (χ2n) is 5.56. The molecular weight excluding hydrogens is 388 g/mol. The Bertz CT molecular complexity index is 960. The lowest BCUT2D eigenvalue weighted by atomic mass is 10.2. The third-order valence-corrected chi connectivity index (χ3v) is 5.28. The Labute approximate surface area is 162 Å². The number of benzene rings is 1. The number of hydrazone groups is 1. The molecule has 0 aliphatic rings. The van der Waals surface area contributed by atoms with Crippen LogP contribution in [0.2, 0.25) is 0 Å². The maximum absolute atomic E-state index is 12.4. The Balaban J connectivity index is 2.02. The van der Waals surface area contributed by atoms with E-state index in [9.17, 15) is 23.4 Å². The van der Waals surface area contributed by atoms with Gasteiger partial charge in [-0.25, -0.2) is 13.4 Å². The van der Waals surface area contributed by atoms with E-state index in [1.54, 1.807) is 13.0 Å². The molecule has 0 spiro atoms. The number of nitrogens with zero attached hydrogens (tertiary/aromatic N) is 3. The molecule has 11 heteroatoms. The van der Waals surface area contributed by atoms with Gasteiger partial charge in [-0.05, 0) is 42.8 Å². The van der Waals surface area contributed by atoms with E-state index in [1.807, 2.05) is 0 Å². The lowest BCUT2D eigenvalue weighted by Gasteiger charge is -2.16. The largest absolute Gasteiger partial charge is 0.504 e. The highest BCUT2D eigenvalue weighted by Crippen LogP contribution is 2.24. The van der Waals surface area contributed by atoms with Crippen LogP contribution in [0.4, 0.5) is 5.82 Å². The molecule has 0 fully saturated rings. The molecule has 1 aromatic heterocycles. The van der Waals surface area contributed by atoms with Gasteiger partial charge >= 0.3 is 5.97 Å².